The molecular formula is C18H18N4O2. The highest BCUT2D eigenvalue weighted by molar-refractivity contribution is 6.04. The molecule has 122 valence electrons. The number of nitrogens with zero attached hydrogens (tertiary/aromatic N) is 2. The third-order valence-electron chi connectivity index (χ3n) is 3.82. The Bertz CT molecular complexity index is 890. The zero-order valence-electron chi connectivity index (χ0n) is 13.5. The van der Waals surface area contributed by atoms with Gasteiger partial charge >= 0.3 is 0 Å². The largest absolute Gasteiger partial charge is 0.342 e. The summed E-state index contributed by atoms with van der Waals surface area (Å²) in [6.07, 6.45) is 0. The lowest BCUT2D eigenvalue weighted by Crippen LogP contribution is -2.33. The van der Waals surface area contributed by atoms with Crippen molar-refractivity contribution in [2.24, 2.45) is 7.05 Å². The van der Waals surface area contributed by atoms with Crippen molar-refractivity contribution in [3.8, 4) is 0 Å². The predicted octanol–water partition coefficient (Wildman–Crippen LogP) is 2.25. The minimum Gasteiger partial charge on any atom is -0.342 e. The molecule has 3 rings (SSSR count). The van der Waals surface area contributed by atoms with Crippen molar-refractivity contribution < 1.29 is 9.59 Å². The summed E-state index contributed by atoms with van der Waals surface area (Å²) in [5, 5.41) is 11.5. The lowest BCUT2D eigenvalue weighted by molar-refractivity contribution is -0.115. The molecule has 0 saturated carbocycles. The molecular weight excluding hydrogens is 304 g/mol. The maximum atomic E-state index is 12.1. The lowest BCUT2D eigenvalue weighted by Gasteiger charge is -2.09. The van der Waals surface area contributed by atoms with Crippen LogP contribution in [0.25, 0.3) is 10.8 Å². The van der Waals surface area contributed by atoms with E-state index in [2.05, 4.69) is 15.7 Å². The number of rotatable bonds is 4. The first-order chi connectivity index (χ1) is 11.5. The summed E-state index contributed by atoms with van der Waals surface area (Å²) < 4.78 is 1.62. The summed E-state index contributed by atoms with van der Waals surface area (Å²) in [7, 11) is 1.76. The van der Waals surface area contributed by atoms with Crippen molar-refractivity contribution in [1.82, 2.24) is 15.1 Å². The Morgan fingerprint density at radius 3 is 2.62 bits per heavy atom. The molecule has 1 aromatic heterocycles. The molecule has 3 aromatic rings. The van der Waals surface area contributed by atoms with E-state index in [0.717, 1.165) is 22.2 Å². The van der Waals surface area contributed by atoms with Crippen LogP contribution in [0.5, 0.6) is 0 Å². The lowest BCUT2D eigenvalue weighted by atomic mass is 10.1. The van der Waals surface area contributed by atoms with Gasteiger partial charge in [-0.3, -0.25) is 14.3 Å². The van der Waals surface area contributed by atoms with E-state index in [4.69, 9.17) is 0 Å². The van der Waals surface area contributed by atoms with Crippen molar-refractivity contribution >= 4 is 28.3 Å². The molecule has 2 aromatic carbocycles. The standard InChI is InChI=1S/C18H18N4O2/c1-12-10-16(21-22(12)2)18(24)19-11-17(23)20-15-9-5-7-13-6-3-4-8-14(13)15/h3-10H,11H2,1-2H3,(H,19,24)(H,20,23). The summed E-state index contributed by atoms with van der Waals surface area (Å²) in [4.78, 5) is 24.1. The van der Waals surface area contributed by atoms with Crippen molar-refractivity contribution in [3.05, 3.63) is 59.9 Å². The molecule has 0 atom stereocenters. The van der Waals surface area contributed by atoms with Crippen molar-refractivity contribution in [3.63, 3.8) is 0 Å². The van der Waals surface area contributed by atoms with Gasteiger partial charge in [0.25, 0.3) is 5.91 Å². The molecule has 0 saturated heterocycles. The quantitative estimate of drug-likeness (QED) is 0.773. The highest BCUT2D eigenvalue weighted by atomic mass is 16.2. The number of aromatic nitrogens is 2. The molecule has 1 heterocycles. The van der Waals surface area contributed by atoms with Crippen LogP contribution in [-0.2, 0) is 11.8 Å². The third kappa shape index (κ3) is 3.27. The van der Waals surface area contributed by atoms with Crippen LogP contribution in [0.1, 0.15) is 16.2 Å². The van der Waals surface area contributed by atoms with Crippen LogP contribution in [0.4, 0.5) is 5.69 Å². The van der Waals surface area contributed by atoms with E-state index in [-0.39, 0.29) is 18.4 Å². The second-order valence-corrected chi connectivity index (χ2v) is 5.55. The number of amides is 2. The molecule has 2 amide bonds. The molecule has 2 N–H and O–H groups in total. The van der Waals surface area contributed by atoms with Crippen molar-refractivity contribution in [2.45, 2.75) is 6.92 Å². The number of hydrogen-bond donors (Lipinski definition) is 2. The zero-order valence-corrected chi connectivity index (χ0v) is 13.5. The van der Waals surface area contributed by atoms with Gasteiger partial charge in [-0.25, -0.2) is 0 Å². The molecule has 0 radical (unpaired) electrons. The SMILES string of the molecule is Cc1cc(C(=O)NCC(=O)Nc2cccc3ccccc23)nn1C. The Morgan fingerprint density at radius 1 is 1.12 bits per heavy atom. The number of anilines is 1. The van der Waals surface area contributed by atoms with Crippen LogP contribution in [0.15, 0.2) is 48.5 Å². The van der Waals surface area contributed by atoms with Crippen LogP contribution >= 0.6 is 0 Å². The highest BCUT2D eigenvalue weighted by Gasteiger charge is 2.12. The van der Waals surface area contributed by atoms with E-state index in [0.29, 0.717) is 5.69 Å². The van der Waals surface area contributed by atoms with Crippen molar-refractivity contribution in [1.29, 1.82) is 0 Å². The van der Waals surface area contributed by atoms with Crippen LogP contribution in [0.3, 0.4) is 0 Å². The van der Waals surface area contributed by atoms with Gasteiger partial charge < -0.3 is 10.6 Å². The summed E-state index contributed by atoms with van der Waals surface area (Å²) in [6.45, 7) is 1.74. The minimum absolute atomic E-state index is 0.113. The Balaban J connectivity index is 1.64. The summed E-state index contributed by atoms with van der Waals surface area (Å²) >= 11 is 0. The number of carbonyl (C=O) groups excluding carboxylic acids is 2. The summed E-state index contributed by atoms with van der Waals surface area (Å²) in [6, 6.07) is 15.2. The van der Waals surface area contributed by atoms with E-state index < -0.39 is 0 Å². The van der Waals surface area contributed by atoms with E-state index in [1.165, 1.54) is 0 Å². The second kappa shape index (κ2) is 6.54. The zero-order chi connectivity index (χ0) is 17.1. The second-order valence-electron chi connectivity index (χ2n) is 5.55. The van der Waals surface area contributed by atoms with Gasteiger partial charge in [0.2, 0.25) is 5.91 Å². The molecule has 0 bridgehead atoms. The highest BCUT2D eigenvalue weighted by Crippen LogP contribution is 2.22. The molecule has 0 aliphatic rings. The van der Waals surface area contributed by atoms with E-state index in [9.17, 15) is 9.59 Å². The number of hydrogen-bond acceptors (Lipinski definition) is 3. The first kappa shape index (κ1) is 15.7. The molecule has 0 fully saturated rings. The van der Waals surface area contributed by atoms with E-state index >= 15 is 0 Å². The number of carbonyl (C=O) groups is 2. The molecule has 0 unspecified atom stereocenters. The topological polar surface area (TPSA) is 76.0 Å². The Morgan fingerprint density at radius 2 is 1.88 bits per heavy atom. The fourth-order valence-electron chi connectivity index (χ4n) is 2.45. The van der Waals surface area contributed by atoms with E-state index in [1.54, 1.807) is 17.8 Å². The first-order valence-electron chi connectivity index (χ1n) is 7.61. The fourth-order valence-corrected chi connectivity index (χ4v) is 2.45. The van der Waals surface area contributed by atoms with Gasteiger partial charge in [-0.05, 0) is 24.4 Å². The number of nitrogens with one attached hydrogen (secondary N) is 2. The molecule has 6 nitrogen and oxygen atoms in total. The van der Waals surface area contributed by atoms with Gasteiger partial charge in [-0.1, -0.05) is 36.4 Å². The Kier molecular flexibility index (Phi) is 4.29. The number of aryl methyl sites for hydroxylation is 2. The van der Waals surface area contributed by atoms with Gasteiger partial charge in [-0.2, -0.15) is 5.10 Å². The normalized spacial score (nSPS) is 10.6. The monoisotopic (exact) mass is 322 g/mol. The number of benzene rings is 2. The molecule has 6 heteroatoms. The van der Waals surface area contributed by atoms with Crippen LogP contribution in [0, 0.1) is 6.92 Å². The first-order valence-corrected chi connectivity index (χ1v) is 7.61. The van der Waals surface area contributed by atoms with Crippen LogP contribution in [0.2, 0.25) is 0 Å². The van der Waals surface area contributed by atoms with Crippen molar-refractivity contribution in [2.75, 3.05) is 11.9 Å². The smallest absolute Gasteiger partial charge is 0.272 e. The summed E-state index contributed by atoms with van der Waals surface area (Å²) in [5.41, 5.74) is 1.90. The maximum absolute atomic E-state index is 12.1. The van der Waals surface area contributed by atoms with Gasteiger partial charge in [-0.15, -0.1) is 0 Å². The minimum atomic E-state index is -0.369. The molecule has 0 aliphatic heterocycles. The number of fused-ring (bicyclic) bond motifs is 1. The molecule has 24 heavy (non-hydrogen) atoms. The Hall–Kier alpha value is -3.15. The van der Waals surface area contributed by atoms with Gasteiger partial charge in [0.05, 0.1) is 6.54 Å². The molecule has 0 aliphatic carbocycles. The van der Waals surface area contributed by atoms with Gasteiger partial charge in [0, 0.05) is 23.8 Å². The molecule has 0 spiro atoms. The Labute approximate surface area is 139 Å². The average Bonchev–Trinajstić information content (AvgIpc) is 2.92. The fraction of sp³-hybridized carbons (Fsp3) is 0.167. The predicted molar refractivity (Wildman–Crippen MR) is 92.9 cm³/mol. The average molecular weight is 322 g/mol. The third-order valence-corrected chi connectivity index (χ3v) is 3.82. The summed E-state index contributed by atoms with van der Waals surface area (Å²) in [5.74, 6) is -0.654. The van der Waals surface area contributed by atoms with Gasteiger partial charge in [0.15, 0.2) is 0 Å². The van der Waals surface area contributed by atoms with Crippen LogP contribution < -0.4 is 10.6 Å². The van der Waals surface area contributed by atoms with Gasteiger partial charge in [0.1, 0.15) is 5.69 Å². The van der Waals surface area contributed by atoms with E-state index in [1.807, 2.05) is 49.4 Å². The maximum Gasteiger partial charge on any atom is 0.272 e. The van der Waals surface area contributed by atoms with Crippen LogP contribution in [-0.4, -0.2) is 28.1 Å².